The zero-order valence-corrected chi connectivity index (χ0v) is 22.1. The Hall–Kier alpha value is -4.82. The maximum atomic E-state index is 13.2. The Labute approximate surface area is 233 Å². The molecule has 7 rings (SSSR count). The van der Waals surface area contributed by atoms with Gasteiger partial charge in [0.1, 0.15) is 0 Å². The van der Waals surface area contributed by atoms with Gasteiger partial charge in [-0.1, -0.05) is 84.9 Å². The second kappa shape index (κ2) is 9.11. The molecule has 41 heavy (non-hydrogen) atoms. The van der Waals surface area contributed by atoms with Gasteiger partial charge in [0.25, 0.3) is 0 Å². The van der Waals surface area contributed by atoms with Gasteiger partial charge in [0, 0.05) is 27.2 Å². The zero-order chi connectivity index (χ0) is 28.4. The third kappa shape index (κ3) is 4.02. The van der Waals surface area contributed by atoms with E-state index in [1.54, 1.807) is 18.2 Å². The lowest BCUT2D eigenvalue weighted by Gasteiger charge is -2.29. The Morgan fingerprint density at radius 1 is 0.537 bits per heavy atom. The molecule has 0 aliphatic carbocycles. The van der Waals surface area contributed by atoms with E-state index in [1.165, 1.54) is 6.07 Å². The SMILES string of the molecule is O=S(=O)(Oc1ccc2ccc3c(N(c4ccccc4)c4cccc5ccccc45)ccc4ccc1c2c43)C(F)(F)F. The van der Waals surface area contributed by atoms with Crippen molar-refractivity contribution in [2.45, 2.75) is 5.51 Å². The highest BCUT2D eigenvalue weighted by atomic mass is 32.2. The standard InChI is InChI=1S/C33H20F3NO3S/c34-33(35,36)41(38,39)40-30-20-16-23-13-17-26-29(19-15-22-14-18-27(30)32(23)31(22)26)37(24-9-2-1-3-10-24)28-12-6-8-21-7-4-5-11-25(21)28/h1-20H. The first kappa shape index (κ1) is 25.2. The number of hydrogen-bond donors (Lipinski definition) is 0. The number of halogens is 3. The third-order valence-electron chi connectivity index (χ3n) is 7.35. The molecule has 0 aliphatic rings. The average molecular weight is 568 g/mol. The van der Waals surface area contributed by atoms with E-state index in [0.29, 0.717) is 5.39 Å². The molecule has 0 heterocycles. The van der Waals surface area contributed by atoms with E-state index >= 15 is 0 Å². The van der Waals surface area contributed by atoms with Crippen molar-refractivity contribution in [2.24, 2.45) is 0 Å². The first-order valence-electron chi connectivity index (χ1n) is 12.8. The lowest BCUT2D eigenvalue weighted by molar-refractivity contribution is -0.0499. The van der Waals surface area contributed by atoms with Crippen LogP contribution in [-0.4, -0.2) is 13.9 Å². The monoisotopic (exact) mass is 567 g/mol. The van der Waals surface area contributed by atoms with Gasteiger partial charge in [-0.15, -0.1) is 0 Å². The van der Waals surface area contributed by atoms with E-state index in [2.05, 4.69) is 33.3 Å². The van der Waals surface area contributed by atoms with Crippen LogP contribution in [0.4, 0.5) is 30.2 Å². The van der Waals surface area contributed by atoms with Crippen LogP contribution in [0, 0.1) is 0 Å². The first-order valence-corrected chi connectivity index (χ1v) is 14.2. The second-order valence-corrected chi connectivity index (χ2v) is 11.3. The van der Waals surface area contributed by atoms with Crippen molar-refractivity contribution in [1.29, 1.82) is 0 Å². The smallest absolute Gasteiger partial charge is 0.375 e. The van der Waals surface area contributed by atoms with Crippen LogP contribution in [0.5, 0.6) is 5.75 Å². The summed E-state index contributed by atoms with van der Waals surface area (Å²) in [5, 5.41) is 6.31. The molecule has 0 unspecified atom stereocenters. The molecule has 0 bridgehead atoms. The van der Waals surface area contributed by atoms with Gasteiger partial charge >= 0.3 is 15.6 Å². The summed E-state index contributed by atoms with van der Waals surface area (Å²) >= 11 is 0. The Bertz CT molecular complexity index is 2190. The van der Waals surface area contributed by atoms with Crippen molar-refractivity contribution < 1.29 is 25.8 Å². The number of fused-ring (bicyclic) bond motifs is 1. The Morgan fingerprint density at radius 2 is 1.12 bits per heavy atom. The molecule has 0 radical (unpaired) electrons. The fourth-order valence-corrected chi connectivity index (χ4v) is 6.06. The highest BCUT2D eigenvalue weighted by Crippen LogP contribution is 2.46. The van der Waals surface area contributed by atoms with E-state index in [9.17, 15) is 21.6 Å². The normalized spacial score (nSPS) is 12.5. The highest BCUT2D eigenvalue weighted by Gasteiger charge is 2.48. The molecule has 7 aromatic carbocycles. The molecule has 0 saturated carbocycles. The lowest BCUT2D eigenvalue weighted by Crippen LogP contribution is -2.28. The molecule has 0 N–H and O–H groups in total. The van der Waals surface area contributed by atoms with Crippen LogP contribution in [0.1, 0.15) is 0 Å². The predicted octanol–water partition coefficient (Wildman–Crippen LogP) is 9.44. The average Bonchev–Trinajstić information content (AvgIpc) is 2.97. The first-order chi connectivity index (χ1) is 19.7. The summed E-state index contributed by atoms with van der Waals surface area (Å²) in [7, 11) is -5.84. The highest BCUT2D eigenvalue weighted by molar-refractivity contribution is 7.88. The minimum Gasteiger partial charge on any atom is -0.375 e. The lowest BCUT2D eigenvalue weighted by atomic mass is 9.92. The van der Waals surface area contributed by atoms with Crippen LogP contribution in [0.2, 0.25) is 0 Å². The summed E-state index contributed by atoms with van der Waals surface area (Å²) in [6.45, 7) is 0. The molecule has 0 fully saturated rings. The topological polar surface area (TPSA) is 46.6 Å². The molecule has 8 heteroatoms. The number of hydrogen-bond acceptors (Lipinski definition) is 4. The molecule has 0 aromatic heterocycles. The van der Waals surface area contributed by atoms with Crippen LogP contribution in [0.3, 0.4) is 0 Å². The summed E-state index contributed by atoms with van der Waals surface area (Å²) in [6.07, 6.45) is 0. The zero-order valence-electron chi connectivity index (χ0n) is 21.3. The summed E-state index contributed by atoms with van der Waals surface area (Å²) in [5.41, 5.74) is -2.79. The van der Waals surface area contributed by atoms with Crippen LogP contribution >= 0.6 is 0 Å². The van der Waals surface area contributed by atoms with E-state index in [4.69, 9.17) is 0 Å². The van der Waals surface area contributed by atoms with E-state index in [1.807, 2.05) is 72.8 Å². The Kier molecular flexibility index (Phi) is 5.59. The van der Waals surface area contributed by atoms with Gasteiger partial charge in [-0.3, -0.25) is 0 Å². The van der Waals surface area contributed by atoms with E-state index in [-0.39, 0.29) is 11.1 Å². The van der Waals surface area contributed by atoms with Crippen molar-refractivity contribution in [1.82, 2.24) is 0 Å². The van der Waals surface area contributed by atoms with E-state index in [0.717, 1.165) is 49.4 Å². The summed E-state index contributed by atoms with van der Waals surface area (Å²) < 4.78 is 67.9. The molecule has 0 spiro atoms. The predicted molar refractivity (Wildman–Crippen MR) is 158 cm³/mol. The fraction of sp³-hybridized carbons (Fsp3) is 0.0303. The van der Waals surface area contributed by atoms with Crippen molar-refractivity contribution in [3.8, 4) is 5.75 Å². The van der Waals surface area contributed by atoms with Gasteiger partial charge < -0.3 is 9.08 Å². The largest absolute Gasteiger partial charge is 0.534 e. The minimum absolute atomic E-state index is 0.280. The maximum absolute atomic E-state index is 13.2. The quantitative estimate of drug-likeness (QED) is 0.118. The molecule has 0 atom stereocenters. The number of alkyl halides is 3. The van der Waals surface area contributed by atoms with Crippen LogP contribution in [-0.2, 0) is 10.1 Å². The Morgan fingerprint density at radius 3 is 1.88 bits per heavy atom. The van der Waals surface area contributed by atoms with Gasteiger partial charge in [-0.2, -0.15) is 21.6 Å². The molecule has 7 aromatic rings. The fourth-order valence-electron chi connectivity index (χ4n) is 5.58. The van der Waals surface area contributed by atoms with Crippen molar-refractivity contribution in [3.63, 3.8) is 0 Å². The summed E-state index contributed by atoms with van der Waals surface area (Å²) in [6, 6.07) is 38.3. The summed E-state index contributed by atoms with van der Waals surface area (Å²) in [4.78, 5) is 2.17. The Balaban J connectivity index is 1.53. The van der Waals surface area contributed by atoms with Gasteiger partial charge in [0.2, 0.25) is 0 Å². The molecule has 0 aliphatic heterocycles. The van der Waals surface area contributed by atoms with Crippen LogP contribution in [0.15, 0.2) is 121 Å². The number of benzene rings is 7. The van der Waals surface area contributed by atoms with Crippen LogP contribution < -0.4 is 9.08 Å². The molecule has 0 saturated heterocycles. The number of anilines is 3. The molecule has 202 valence electrons. The maximum Gasteiger partial charge on any atom is 0.534 e. The molecular weight excluding hydrogens is 547 g/mol. The van der Waals surface area contributed by atoms with Crippen LogP contribution in [0.25, 0.3) is 43.1 Å². The van der Waals surface area contributed by atoms with Gasteiger partial charge in [-0.05, 0) is 57.9 Å². The minimum atomic E-state index is -5.84. The van der Waals surface area contributed by atoms with Gasteiger partial charge in [0.15, 0.2) is 5.75 Å². The van der Waals surface area contributed by atoms with Gasteiger partial charge in [-0.25, -0.2) is 0 Å². The van der Waals surface area contributed by atoms with Crippen molar-refractivity contribution >= 4 is 70.3 Å². The van der Waals surface area contributed by atoms with Gasteiger partial charge in [0.05, 0.1) is 11.4 Å². The summed E-state index contributed by atoms with van der Waals surface area (Å²) in [5.74, 6) is -0.372. The molecule has 0 amide bonds. The number of para-hydroxylation sites is 1. The second-order valence-electron chi connectivity index (χ2n) is 9.72. The third-order valence-corrected chi connectivity index (χ3v) is 8.31. The molecule has 4 nitrogen and oxygen atoms in total. The van der Waals surface area contributed by atoms with Crippen molar-refractivity contribution in [3.05, 3.63) is 121 Å². The van der Waals surface area contributed by atoms with E-state index < -0.39 is 15.6 Å². The van der Waals surface area contributed by atoms with Crippen molar-refractivity contribution in [2.75, 3.05) is 4.90 Å². The number of nitrogens with zero attached hydrogens (tertiary/aromatic N) is 1. The molecular formula is C33H20F3NO3S. The number of rotatable bonds is 5.